The minimum absolute atomic E-state index is 0.201. The normalized spacial score (nSPS) is 20.1. The first kappa shape index (κ1) is 15.4. The zero-order valence-corrected chi connectivity index (χ0v) is 11.2. The molecule has 7 nitrogen and oxygen atoms in total. The van der Waals surface area contributed by atoms with Gasteiger partial charge in [0.15, 0.2) is 0 Å². The van der Waals surface area contributed by atoms with Crippen LogP contribution < -0.4 is 16.0 Å². The van der Waals surface area contributed by atoms with Crippen molar-refractivity contribution in [3.8, 4) is 0 Å². The molecule has 108 valence electrons. The van der Waals surface area contributed by atoms with E-state index in [0.29, 0.717) is 0 Å². The summed E-state index contributed by atoms with van der Waals surface area (Å²) in [6, 6.07) is -1.18. The van der Waals surface area contributed by atoms with E-state index in [1.165, 1.54) is 0 Å². The first-order chi connectivity index (χ1) is 8.91. The Balaban J connectivity index is 2.34. The maximum absolute atomic E-state index is 11.6. The average Bonchev–Trinajstić information content (AvgIpc) is 2.85. The van der Waals surface area contributed by atoms with Crippen molar-refractivity contribution in [2.24, 2.45) is 5.92 Å². The van der Waals surface area contributed by atoms with Crippen LogP contribution in [0.1, 0.15) is 26.7 Å². The van der Waals surface area contributed by atoms with Gasteiger partial charge in [-0.05, 0) is 25.3 Å². The fraction of sp³-hybridized carbons (Fsp3) is 0.750. The lowest BCUT2D eigenvalue weighted by Gasteiger charge is -2.18. The van der Waals surface area contributed by atoms with Crippen molar-refractivity contribution in [1.82, 2.24) is 16.0 Å². The van der Waals surface area contributed by atoms with Gasteiger partial charge in [-0.25, -0.2) is 4.79 Å². The Bertz CT molecular complexity index is 351. The third kappa shape index (κ3) is 4.86. The van der Waals surface area contributed by atoms with E-state index in [2.05, 4.69) is 16.0 Å². The molecular weight excluding hydrogens is 250 g/mol. The van der Waals surface area contributed by atoms with Gasteiger partial charge in [0.25, 0.3) is 0 Å². The Labute approximate surface area is 112 Å². The van der Waals surface area contributed by atoms with Gasteiger partial charge in [0, 0.05) is 0 Å². The molecule has 0 aliphatic carbocycles. The van der Waals surface area contributed by atoms with E-state index in [0.717, 1.165) is 19.4 Å². The molecular formula is C12H21N3O4. The summed E-state index contributed by atoms with van der Waals surface area (Å²) < 4.78 is 0. The zero-order valence-electron chi connectivity index (χ0n) is 11.2. The first-order valence-corrected chi connectivity index (χ1v) is 6.45. The molecule has 1 rings (SSSR count). The fourth-order valence-electron chi connectivity index (χ4n) is 1.94. The lowest BCUT2D eigenvalue weighted by Crippen LogP contribution is -2.49. The van der Waals surface area contributed by atoms with Crippen molar-refractivity contribution in [3.05, 3.63) is 0 Å². The molecule has 19 heavy (non-hydrogen) atoms. The van der Waals surface area contributed by atoms with Crippen molar-refractivity contribution in [2.75, 3.05) is 13.1 Å². The first-order valence-electron chi connectivity index (χ1n) is 6.45. The van der Waals surface area contributed by atoms with Crippen molar-refractivity contribution >= 4 is 17.8 Å². The summed E-state index contributed by atoms with van der Waals surface area (Å²) in [7, 11) is 0. The zero-order chi connectivity index (χ0) is 14.4. The van der Waals surface area contributed by atoms with E-state index in [9.17, 15) is 14.4 Å². The second kappa shape index (κ2) is 7.08. The predicted molar refractivity (Wildman–Crippen MR) is 68.4 cm³/mol. The molecule has 0 aromatic rings. The van der Waals surface area contributed by atoms with Crippen LogP contribution in [0.5, 0.6) is 0 Å². The van der Waals surface area contributed by atoms with Crippen LogP contribution in [0.2, 0.25) is 0 Å². The van der Waals surface area contributed by atoms with Gasteiger partial charge in [0.1, 0.15) is 6.04 Å². The predicted octanol–water partition coefficient (Wildman–Crippen LogP) is -0.920. The number of carbonyl (C=O) groups excluding carboxylic acids is 2. The van der Waals surface area contributed by atoms with Gasteiger partial charge in [-0.2, -0.15) is 0 Å². The third-order valence-corrected chi connectivity index (χ3v) is 3.05. The van der Waals surface area contributed by atoms with E-state index in [1.807, 2.05) is 0 Å². The maximum Gasteiger partial charge on any atom is 0.326 e. The van der Waals surface area contributed by atoms with Crippen LogP contribution in [-0.2, 0) is 14.4 Å². The summed E-state index contributed by atoms with van der Waals surface area (Å²) in [6.45, 7) is 4.02. The van der Waals surface area contributed by atoms with Crippen molar-refractivity contribution in [3.63, 3.8) is 0 Å². The monoisotopic (exact) mass is 271 g/mol. The fourth-order valence-corrected chi connectivity index (χ4v) is 1.94. The number of carbonyl (C=O) groups is 3. The highest BCUT2D eigenvalue weighted by Gasteiger charge is 2.25. The van der Waals surface area contributed by atoms with Gasteiger partial charge in [0.05, 0.1) is 12.6 Å². The molecule has 0 saturated carbocycles. The number of hydrogen-bond donors (Lipinski definition) is 4. The number of rotatable bonds is 6. The van der Waals surface area contributed by atoms with Gasteiger partial charge in [-0.1, -0.05) is 13.8 Å². The molecule has 0 radical (unpaired) electrons. The summed E-state index contributed by atoms with van der Waals surface area (Å²) in [6.07, 6.45) is 1.70. The highest BCUT2D eigenvalue weighted by Crippen LogP contribution is 2.04. The standard InChI is InChI=1S/C12H21N3O4/c1-7(2)10(12(18)19)15-9(16)6-14-11(17)8-4-3-5-13-8/h7-8,10,13H,3-6H2,1-2H3,(H,14,17)(H,15,16)(H,18,19)/t8-,10-/m0/s1. The molecule has 7 heteroatoms. The lowest BCUT2D eigenvalue weighted by atomic mass is 10.1. The van der Waals surface area contributed by atoms with Gasteiger partial charge in [-0.3, -0.25) is 9.59 Å². The van der Waals surface area contributed by atoms with Crippen LogP contribution in [0, 0.1) is 5.92 Å². The summed E-state index contributed by atoms with van der Waals surface area (Å²) in [4.78, 5) is 34.1. The van der Waals surface area contributed by atoms with Gasteiger partial charge < -0.3 is 21.1 Å². The highest BCUT2D eigenvalue weighted by atomic mass is 16.4. The molecule has 1 heterocycles. The van der Waals surface area contributed by atoms with E-state index in [-0.39, 0.29) is 24.4 Å². The number of amides is 2. The Morgan fingerprint density at radius 1 is 1.37 bits per heavy atom. The average molecular weight is 271 g/mol. The Kier molecular flexibility index (Phi) is 5.75. The topological polar surface area (TPSA) is 108 Å². The minimum atomic E-state index is -1.08. The van der Waals surface area contributed by atoms with Crippen LogP contribution in [-0.4, -0.2) is 48.1 Å². The highest BCUT2D eigenvalue weighted by molar-refractivity contribution is 5.89. The van der Waals surface area contributed by atoms with E-state index in [4.69, 9.17) is 5.11 Å². The van der Waals surface area contributed by atoms with Crippen LogP contribution in [0.4, 0.5) is 0 Å². The van der Waals surface area contributed by atoms with Crippen LogP contribution >= 0.6 is 0 Å². The Morgan fingerprint density at radius 3 is 2.53 bits per heavy atom. The summed E-state index contributed by atoms with van der Waals surface area (Å²) in [5.41, 5.74) is 0. The molecule has 2 amide bonds. The van der Waals surface area contributed by atoms with Crippen LogP contribution in [0.25, 0.3) is 0 Å². The van der Waals surface area contributed by atoms with Gasteiger partial charge in [0.2, 0.25) is 11.8 Å². The molecule has 0 aromatic heterocycles. The van der Waals surface area contributed by atoms with Crippen molar-refractivity contribution in [2.45, 2.75) is 38.8 Å². The Morgan fingerprint density at radius 2 is 2.05 bits per heavy atom. The van der Waals surface area contributed by atoms with Crippen LogP contribution in [0.3, 0.4) is 0 Å². The quantitative estimate of drug-likeness (QED) is 0.500. The minimum Gasteiger partial charge on any atom is -0.480 e. The van der Waals surface area contributed by atoms with E-state index >= 15 is 0 Å². The second-order valence-electron chi connectivity index (χ2n) is 4.99. The number of carboxylic acid groups (broad SMARTS) is 1. The van der Waals surface area contributed by atoms with Crippen LogP contribution in [0.15, 0.2) is 0 Å². The smallest absolute Gasteiger partial charge is 0.326 e. The molecule has 4 N–H and O–H groups in total. The van der Waals surface area contributed by atoms with Gasteiger partial charge >= 0.3 is 5.97 Å². The molecule has 0 unspecified atom stereocenters. The summed E-state index contributed by atoms with van der Waals surface area (Å²) in [5, 5.41) is 16.8. The summed E-state index contributed by atoms with van der Waals surface area (Å²) in [5.74, 6) is -2.00. The second-order valence-corrected chi connectivity index (χ2v) is 4.99. The Hall–Kier alpha value is -1.63. The lowest BCUT2D eigenvalue weighted by molar-refractivity contribution is -0.143. The molecule has 1 saturated heterocycles. The molecule has 2 atom stereocenters. The largest absolute Gasteiger partial charge is 0.480 e. The van der Waals surface area contributed by atoms with E-state index < -0.39 is 17.9 Å². The molecule has 0 aromatic carbocycles. The molecule has 1 fully saturated rings. The van der Waals surface area contributed by atoms with Crippen molar-refractivity contribution in [1.29, 1.82) is 0 Å². The maximum atomic E-state index is 11.6. The third-order valence-electron chi connectivity index (χ3n) is 3.05. The molecule has 0 spiro atoms. The number of aliphatic carboxylic acids is 1. The number of nitrogens with one attached hydrogen (secondary N) is 3. The number of carboxylic acids is 1. The van der Waals surface area contributed by atoms with E-state index in [1.54, 1.807) is 13.8 Å². The van der Waals surface area contributed by atoms with Crippen molar-refractivity contribution < 1.29 is 19.5 Å². The molecule has 0 bridgehead atoms. The SMILES string of the molecule is CC(C)[C@H](NC(=O)CNC(=O)[C@@H]1CCCN1)C(=O)O. The number of hydrogen-bond acceptors (Lipinski definition) is 4. The summed E-state index contributed by atoms with van der Waals surface area (Å²) >= 11 is 0. The molecule has 1 aliphatic rings. The van der Waals surface area contributed by atoms with Gasteiger partial charge in [-0.15, -0.1) is 0 Å². The molecule has 1 aliphatic heterocycles.